The van der Waals surface area contributed by atoms with Crippen molar-refractivity contribution in [2.45, 2.75) is 19.9 Å². The molecule has 0 saturated carbocycles. The van der Waals surface area contributed by atoms with Crippen LogP contribution in [-0.4, -0.2) is 0 Å². The molecule has 0 aromatic heterocycles. The van der Waals surface area contributed by atoms with E-state index >= 15 is 0 Å². The van der Waals surface area contributed by atoms with Crippen LogP contribution >= 0.6 is 11.6 Å². The quantitative estimate of drug-likeness (QED) is 0.723. The van der Waals surface area contributed by atoms with Crippen LogP contribution in [0, 0.1) is 0 Å². The fourth-order valence-corrected chi connectivity index (χ4v) is 1.52. The van der Waals surface area contributed by atoms with Crippen molar-refractivity contribution in [1.29, 1.82) is 0 Å². The van der Waals surface area contributed by atoms with Gasteiger partial charge in [-0.25, -0.2) is 0 Å². The molecule has 0 saturated heterocycles. The third kappa shape index (κ3) is 1.73. The largest absolute Gasteiger partial charge is 0.326 e. The normalized spacial score (nSPS) is 10.1. The van der Waals surface area contributed by atoms with E-state index < -0.39 is 0 Å². The third-order valence-electron chi connectivity index (χ3n) is 1.79. The third-order valence-corrected chi connectivity index (χ3v) is 2.14. The lowest BCUT2D eigenvalue weighted by Crippen LogP contribution is -2.00. The highest BCUT2D eigenvalue weighted by Gasteiger charge is 2.01. The molecule has 0 radical (unpaired) electrons. The van der Waals surface area contributed by atoms with Crippen molar-refractivity contribution < 1.29 is 0 Å². The Morgan fingerprint density at radius 2 is 2.18 bits per heavy atom. The summed E-state index contributed by atoms with van der Waals surface area (Å²) >= 11 is 5.95. The van der Waals surface area contributed by atoms with E-state index in [0.29, 0.717) is 6.54 Å². The Morgan fingerprint density at radius 1 is 1.45 bits per heavy atom. The summed E-state index contributed by atoms with van der Waals surface area (Å²) in [5.41, 5.74) is 7.87. The number of rotatable bonds is 2. The van der Waals surface area contributed by atoms with Gasteiger partial charge >= 0.3 is 0 Å². The van der Waals surface area contributed by atoms with E-state index in [9.17, 15) is 0 Å². The van der Waals surface area contributed by atoms with Gasteiger partial charge in [0.1, 0.15) is 0 Å². The number of benzene rings is 1. The van der Waals surface area contributed by atoms with E-state index in [1.54, 1.807) is 0 Å². The molecule has 1 rings (SSSR count). The molecule has 0 aliphatic rings. The summed E-state index contributed by atoms with van der Waals surface area (Å²) in [7, 11) is 0. The predicted octanol–water partition coefficient (Wildman–Crippen LogP) is 2.36. The Bertz CT molecular complexity index is 245. The molecule has 2 N–H and O–H groups in total. The highest BCUT2D eigenvalue weighted by molar-refractivity contribution is 6.31. The molecule has 0 amide bonds. The minimum absolute atomic E-state index is 0.573. The van der Waals surface area contributed by atoms with Gasteiger partial charge in [-0.1, -0.05) is 30.7 Å². The van der Waals surface area contributed by atoms with Gasteiger partial charge in [-0.2, -0.15) is 0 Å². The van der Waals surface area contributed by atoms with Crippen LogP contribution in [-0.2, 0) is 13.0 Å². The van der Waals surface area contributed by atoms with Gasteiger partial charge < -0.3 is 5.73 Å². The zero-order valence-corrected chi connectivity index (χ0v) is 7.36. The molecule has 0 bridgehead atoms. The van der Waals surface area contributed by atoms with E-state index in [1.165, 1.54) is 5.56 Å². The Morgan fingerprint density at radius 3 is 2.64 bits per heavy atom. The molecule has 11 heavy (non-hydrogen) atoms. The van der Waals surface area contributed by atoms with Crippen LogP contribution < -0.4 is 5.73 Å². The van der Waals surface area contributed by atoms with Crippen molar-refractivity contribution in [1.82, 2.24) is 0 Å². The molecule has 0 fully saturated rings. The van der Waals surface area contributed by atoms with Crippen LogP contribution in [0.2, 0.25) is 5.02 Å². The van der Waals surface area contributed by atoms with Crippen molar-refractivity contribution in [3.8, 4) is 0 Å². The van der Waals surface area contributed by atoms with Gasteiger partial charge in [0.15, 0.2) is 0 Å². The van der Waals surface area contributed by atoms with Crippen molar-refractivity contribution in [3.63, 3.8) is 0 Å². The van der Waals surface area contributed by atoms with E-state index in [2.05, 4.69) is 6.92 Å². The molecule has 1 nitrogen and oxygen atoms in total. The first-order valence-electron chi connectivity index (χ1n) is 3.76. The number of nitrogens with two attached hydrogens (primary N) is 1. The van der Waals surface area contributed by atoms with Gasteiger partial charge in [0, 0.05) is 11.6 Å². The van der Waals surface area contributed by atoms with Crippen LogP contribution in [0.4, 0.5) is 0 Å². The Labute approximate surface area is 72.2 Å². The summed E-state index contributed by atoms with van der Waals surface area (Å²) in [6, 6.07) is 5.86. The SMILES string of the molecule is CCc1c(Cl)cccc1CN. The minimum atomic E-state index is 0.573. The number of hydrogen-bond donors (Lipinski definition) is 1. The van der Waals surface area contributed by atoms with Crippen molar-refractivity contribution in [2.24, 2.45) is 5.73 Å². The molecular weight excluding hydrogens is 158 g/mol. The maximum Gasteiger partial charge on any atom is 0.0441 e. The van der Waals surface area contributed by atoms with Crippen molar-refractivity contribution >= 4 is 11.6 Å². The first kappa shape index (κ1) is 8.57. The van der Waals surface area contributed by atoms with E-state index in [4.69, 9.17) is 17.3 Å². The Balaban J connectivity index is 3.13. The van der Waals surface area contributed by atoms with Gasteiger partial charge in [-0.3, -0.25) is 0 Å². The molecule has 0 aliphatic heterocycles. The fraction of sp³-hybridized carbons (Fsp3) is 0.333. The lowest BCUT2D eigenvalue weighted by Gasteiger charge is -2.06. The molecule has 0 heterocycles. The van der Waals surface area contributed by atoms with E-state index in [-0.39, 0.29) is 0 Å². The topological polar surface area (TPSA) is 26.0 Å². The van der Waals surface area contributed by atoms with E-state index in [1.807, 2.05) is 18.2 Å². The summed E-state index contributed by atoms with van der Waals surface area (Å²) in [5.74, 6) is 0. The monoisotopic (exact) mass is 169 g/mol. The first-order valence-corrected chi connectivity index (χ1v) is 4.13. The highest BCUT2D eigenvalue weighted by Crippen LogP contribution is 2.19. The molecule has 2 heteroatoms. The van der Waals surface area contributed by atoms with Crippen molar-refractivity contribution in [2.75, 3.05) is 0 Å². The van der Waals surface area contributed by atoms with Crippen LogP contribution in [0.5, 0.6) is 0 Å². The first-order chi connectivity index (χ1) is 5.29. The Hall–Kier alpha value is -0.530. The molecular formula is C9H12ClN. The molecule has 0 spiro atoms. The number of hydrogen-bond acceptors (Lipinski definition) is 1. The van der Waals surface area contributed by atoms with E-state index in [0.717, 1.165) is 17.0 Å². The standard InChI is InChI=1S/C9H12ClN/c1-2-8-7(6-11)4-3-5-9(8)10/h3-5H,2,6,11H2,1H3. The summed E-state index contributed by atoms with van der Waals surface area (Å²) in [6.07, 6.45) is 0.951. The Kier molecular flexibility index (Phi) is 2.92. The smallest absolute Gasteiger partial charge is 0.0441 e. The molecule has 0 aliphatic carbocycles. The molecule has 1 aromatic rings. The average Bonchev–Trinajstić information content (AvgIpc) is 2.04. The van der Waals surface area contributed by atoms with Crippen LogP contribution in [0.15, 0.2) is 18.2 Å². The summed E-state index contributed by atoms with van der Waals surface area (Å²) in [5, 5.41) is 0.829. The molecule has 60 valence electrons. The van der Waals surface area contributed by atoms with Crippen LogP contribution in [0.1, 0.15) is 18.1 Å². The minimum Gasteiger partial charge on any atom is -0.326 e. The molecule has 0 unspecified atom stereocenters. The summed E-state index contributed by atoms with van der Waals surface area (Å²) < 4.78 is 0. The zero-order chi connectivity index (χ0) is 8.27. The maximum atomic E-state index is 5.95. The average molecular weight is 170 g/mol. The molecule has 0 atom stereocenters. The lowest BCUT2D eigenvalue weighted by molar-refractivity contribution is 1.00. The van der Waals surface area contributed by atoms with Gasteiger partial charge in [-0.05, 0) is 23.6 Å². The lowest BCUT2D eigenvalue weighted by atomic mass is 10.1. The number of halogens is 1. The second-order valence-corrected chi connectivity index (χ2v) is 2.84. The predicted molar refractivity (Wildman–Crippen MR) is 48.7 cm³/mol. The summed E-state index contributed by atoms with van der Waals surface area (Å²) in [4.78, 5) is 0. The van der Waals surface area contributed by atoms with Gasteiger partial charge in [0.2, 0.25) is 0 Å². The highest BCUT2D eigenvalue weighted by atomic mass is 35.5. The second kappa shape index (κ2) is 3.74. The van der Waals surface area contributed by atoms with Gasteiger partial charge in [0.25, 0.3) is 0 Å². The van der Waals surface area contributed by atoms with Gasteiger partial charge in [-0.15, -0.1) is 0 Å². The van der Waals surface area contributed by atoms with Crippen LogP contribution in [0.25, 0.3) is 0 Å². The summed E-state index contributed by atoms with van der Waals surface area (Å²) in [6.45, 7) is 2.66. The van der Waals surface area contributed by atoms with Gasteiger partial charge in [0.05, 0.1) is 0 Å². The zero-order valence-electron chi connectivity index (χ0n) is 6.60. The van der Waals surface area contributed by atoms with Crippen LogP contribution in [0.3, 0.4) is 0 Å². The fourth-order valence-electron chi connectivity index (χ4n) is 1.19. The van der Waals surface area contributed by atoms with Crippen molar-refractivity contribution in [3.05, 3.63) is 34.3 Å². The second-order valence-electron chi connectivity index (χ2n) is 2.44. The molecule has 1 aromatic carbocycles. The maximum absolute atomic E-state index is 5.95.